The van der Waals surface area contributed by atoms with Crippen molar-refractivity contribution in [1.82, 2.24) is 15.1 Å². The largest absolute Gasteiger partial charge is 0.318 e. The van der Waals surface area contributed by atoms with Gasteiger partial charge in [-0.15, -0.1) is 0 Å². The molecule has 0 aliphatic carbocycles. The van der Waals surface area contributed by atoms with Crippen molar-refractivity contribution in [3.05, 3.63) is 35.9 Å². The summed E-state index contributed by atoms with van der Waals surface area (Å²) in [5.74, 6) is 0.231. The average molecular weight is 259 g/mol. The Balaban J connectivity index is 1.82. The number of carbonyl (C=O) groups excluding carboxylic acids is 1. The number of carbonyl (C=O) groups is 1. The third-order valence-electron chi connectivity index (χ3n) is 4.12. The maximum atomic E-state index is 12.2. The van der Waals surface area contributed by atoms with Crippen LogP contribution in [-0.2, 0) is 4.79 Å². The molecule has 3 rings (SSSR count). The lowest BCUT2D eigenvalue weighted by molar-refractivity contribution is -0.131. The van der Waals surface area contributed by atoms with Crippen molar-refractivity contribution in [3.8, 4) is 0 Å². The van der Waals surface area contributed by atoms with Crippen LogP contribution in [0, 0.1) is 0 Å². The third kappa shape index (κ3) is 2.51. The first-order valence-corrected chi connectivity index (χ1v) is 7.04. The normalized spacial score (nSPS) is 28.9. The van der Waals surface area contributed by atoms with Crippen LogP contribution in [0.5, 0.6) is 0 Å². The Morgan fingerprint density at radius 3 is 2.79 bits per heavy atom. The molecule has 2 saturated heterocycles. The Hall–Kier alpha value is -1.39. The highest BCUT2D eigenvalue weighted by Gasteiger charge is 2.37. The van der Waals surface area contributed by atoms with Crippen molar-refractivity contribution in [2.24, 2.45) is 0 Å². The second-order valence-electron chi connectivity index (χ2n) is 5.55. The summed E-state index contributed by atoms with van der Waals surface area (Å²) in [5, 5.41) is 3.34. The lowest BCUT2D eigenvalue weighted by atomic mass is 10.0. The van der Waals surface area contributed by atoms with E-state index in [0.29, 0.717) is 12.6 Å². The molecule has 2 aliphatic heterocycles. The van der Waals surface area contributed by atoms with Gasteiger partial charge in [0.15, 0.2) is 0 Å². The van der Waals surface area contributed by atoms with Gasteiger partial charge in [-0.05, 0) is 32.0 Å². The minimum atomic E-state index is 0.0465. The van der Waals surface area contributed by atoms with E-state index >= 15 is 0 Å². The molecule has 1 aromatic carbocycles. The minimum Gasteiger partial charge on any atom is -0.318 e. The summed E-state index contributed by atoms with van der Waals surface area (Å²) in [6, 6.07) is 10.6. The summed E-state index contributed by atoms with van der Waals surface area (Å²) in [7, 11) is 2.14. The number of hydrogen-bond donors (Lipinski definition) is 1. The molecule has 1 amide bonds. The first-order valence-electron chi connectivity index (χ1n) is 7.04. The molecule has 19 heavy (non-hydrogen) atoms. The van der Waals surface area contributed by atoms with Crippen molar-refractivity contribution in [3.63, 3.8) is 0 Å². The number of likely N-dealkylation sites (N-methyl/N-ethyl adjacent to an activating group) is 1. The first-order chi connectivity index (χ1) is 9.25. The van der Waals surface area contributed by atoms with E-state index in [2.05, 4.69) is 34.3 Å². The predicted molar refractivity (Wildman–Crippen MR) is 74.6 cm³/mol. The molecule has 0 aromatic heterocycles. The van der Waals surface area contributed by atoms with E-state index in [1.54, 1.807) is 0 Å². The van der Waals surface area contributed by atoms with Crippen LogP contribution in [0.15, 0.2) is 30.3 Å². The van der Waals surface area contributed by atoms with E-state index in [-0.39, 0.29) is 12.1 Å². The Kier molecular flexibility index (Phi) is 3.53. The minimum absolute atomic E-state index is 0.0465. The Morgan fingerprint density at radius 2 is 2.05 bits per heavy atom. The van der Waals surface area contributed by atoms with Crippen molar-refractivity contribution < 1.29 is 4.79 Å². The van der Waals surface area contributed by atoms with Gasteiger partial charge in [-0.1, -0.05) is 30.3 Å². The molecule has 4 nitrogen and oxygen atoms in total. The molecular formula is C15H21N3O. The smallest absolute Gasteiger partial charge is 0.238 e. The second-order valence-corrected chi connectivity index (χ2v) is 5.55. The van der Waals surface area contributed by atoms with Crippen LogP contribution in [-0.4, -0.2) is 48.4 Å². The average Bonchev–Trinajstić information content (AvgIpc) is 2.82. The van der Waals surface area contributed by atoms with Gasteiger partial charge >= 0.3 is 0 Å². The summed E-state index contributed by atoms with van der Waals surface area (Å²) >= 11 is 0. The fourth-order valence-electron chi connectivity index (χ4n) is 3.21. The van der Waals surface area contributed by atoms with E-state index in [4.69, 9.17) is 0 Å². The van der Waals surface area contributed by atoms with Gasteiger partial charge < -0.3 is 9.80 Å². The molecule has 2 fully saturated rings. The molecule has 4 heteroatoms. The third-order valence-corrected chi connectivity index (χ3v) is 4.12. The molecule has 1 aromatic rings. The van der Waals surface area contributed by atoms with E-state index in [9.17, 15) is 4.79 Å². The highest BCUT2D eigenvalue weighted by molar-refractivity contribution is 5.81. The summed E-state index contributed by atoms with van der Waals surface area (Å²) in [6.07, 6.45) is 2.33. The van der Waals surface area contributed by atoms with Crippen molar-refractivity contribution in [2.75, 3.05) is 26.7 Å². The van der Waals surface area contributed by atoms with Gasteiger partial charge in [0.2, 0.25) is 5.91 Å². The Bertz CT molecular complexity index is 448. The number of amides is 1. The zero-order valence-corrected chi connectivity index (χ0v) is 11.4. The quantitative estimate of drug-likeness (QED) is 0.867. The van der Waals surface area contributed by atoms with Crippen LogP contribution in [0.1, 0.15) is 24.6 Å². The topological polar surface area (TPSA) is 35.6 Å². The van der Waals surface area contributed by atoms with Crippen LogP contribution < -0.4 is 5.32 Å². The van der Waals surface area contributed by atoms with E-state index < -0.39 is 0 Å². The summed E-state index contributed by atoms with van der Waals surface area (Å²) in [5.41, 5.74) is 1.18. The molecule has 0 radical (unpaired) electrons. The van der Waals surface area contributed by atoms with Crippen molar-refractivity contribution in [2.45, 2.75) is 25.0 Å². The fourth-order valence-corrected chi connectivity index (χ4v) is 3.21. The number of nitrogens with one attached hydrogen (secondary N) is 1. The highest BCUT2D eigenvalue weighted by atomic mass is 16.2. The maximum absolute atomic E-state index is 12.2. The summed E-state index contributed by atoms with van der Waals surface area (Å²) in [6.45, 7) is 2.58. The number of hydrogen-bond acceptors (Lipinski definition) is 3. The maximum Gasteiger partial charge on any atom is 0.238 e. The van der Waals surface area contributed by atoms with Gasteiger partial charge in [-0.3, -0.25) is 10.1 Å². The molecule has 2 unspecified atom stereocenters. The zero-order chi connectivity index (χ0) is 13.2. The van der Waals surface area contributed by atoms with Crippen LogP contribution in [0.3, 0.4) is 0 Å². The first kappa shape index (κ1) is 12.6. The van der Waals surface area contributed by atoms with Gasteiger partial charge in [0, 0.05) is 12.6 Å². The van der Waals surface area contributed by atoms with Gasteiger partial charge in [-0.25, -0.2) is 0 Å². The molecule has 0 spiro atoms. The lowest BCUT2D eigenvalue weighted by Crippen LogP contribution is -2.48. The van der Waals surface area contributed by atoms with Crippen LogP contribution in [0.4, 0.5) is 0 Å². The van der Waals surface area contributed by atoms with Gasteiger partial charge in [-0.2, -0.15) is 0 Å². The van der Waals surface area contributed by atoms with E-state index in [1.807, 2.05) is 18.2 Å². The van der Waals surface area contributed by atoms with E-state index in [1.165, 1.54) is 12.0 Å². The molecule has 2 aliphatic rings. The standard InChI is InChI=1S/C15H21N3O/c1-17-9-5-8-13(11-17)18-14(19)10-16-15(18)12-6-3-2-4-7-12/h2-4,6-7,13,15-16H,5,8-11H2,1H3. The Labute approximate surface area is 114 Å². The number of likely N-dealkylation sites (tertiary alicyclic amines) is 1. The molecular weight excluding hydrogens is 238 g/mol. The summed E-state index contributed by atoms with van der Waals surface area (Å²) < 4.78 is 0. The van der Waals surface area contributed by atoms with Gasteiger partial charge in [0.05, 0.1) is 6.54 Å². The number of nitrogens with zero attached hydrogens (tertiary/aromatic N) is 2. The molecule has 2 atom stereocenters. The molecule has 1 N–H and O–H groups in total. The summed E-state index contributed by atoms with van der Waals surface area (Å²) in [4.78, 5) is 16.6. The van der Waals surface area contributed by atoms with Gasteiger partial charge in [0.25, 0.3) is 0 Å². The highest BCUT2D eigenvalue weighted by Crippen LogP contribution is 2.28. The van der Waals surface area contributed by atoms with Gasteiger partial charge in [0.1, 0.15) is 6.17 Å². The predicted octanol–water partition coefficient (Wildman–Crippen LogP) is 1.21. The number of rotatable bonds is 2. The second kappa shape index (κ2) is 5.31. The van der Waals surface area contributed by atoms with Crippen molar-refractivity contribution >= 4 is 5.91 Å². The molecule has 0 saturated carbocycles. The fraction of sp³-hybridized carbons (Fsp3) is 0.533. The van der Waals surface area contributed by atoms with Crippen LogP contribution >= 0.6 is 0 Å². The SMILES string of the molecule is CN1CCCC(N2C(=O)CNC2c2ccccc2)C1. The number of piperidine rings is 1. The lowest BCUT2D eigenvalue weighted by Gasteiger charge is -2.38. The number of benzene rings is 1. The van der Waals surface area contributed by atoms with E-state index in [0.717, 1.165) is 19.5 Å². The molecule has 0 bridgehead atoms. The molecule has 102 valence electrons. The van der Waals surface area contributed by atoms with Crippen LogP contribution in [0.25, 0.3) is 0 Å². The van der Waals surface area contributed by atoms with Crippen molar-refractivity contribution in [1.29, 1.82) is 0 Å². The van der Waals surface area contributed by atoms with Crippen LogP contribution in [0.2, 0.25) is 0 Å². The molecule has 2 heterocycles. The zero-order valence-electron chi connectivity index (χ0n) is 11.4. The Morgan fingerprint density at radius 1 is 1.26 bits per heavy atom. The monoisotopic (exact) mass is 259 g/mol.